The van der Waals surface area contributed by atoms with Crippen LogP contribution in [0.1, 0.15) is 56.6 Å². The Bertz CT molecular complexity index is 1240. The lowest BCUT2D eigenvalue weighted by molar-refractivity contribution is -0.138. The van der Waals surface area contributed by atoms with E-state index in [0.717, 1.165) is 17.0 Å². The summed E-state index contributed by atoms with van der Waals surface area (Å²) in [6.45, 7) is 6.40. The number of carbonyl (C=O) groups excluding carboxylic acids is 2. The summed E-state index contributed by atoms with van der Waals surface area (Å²) in [6.07, 6.45) is 0.950. The van der Waals surface area contributed by atoms with Gasteiger partial charge in [-0.3, -0.25) is 4.79 Å². The summed E-state index contributed by atoms with van der Waals surface area (Å²) in [5.74, 6) is 0.873. The van der Waals surface area contributed by atoms with Crippen molar-refractivity contribution in [2.75, 3.05) is 24.7 Å². The minimum Gasteiger partial charge on any atom is -0.504 e. The number of ether oxygens (including phenoxy) is 2. The molecule has 2 aromatic carbocycles. The van der Waals surface area contributed by atoms with Gasteiger partial charge in [0.2, 0.25) is 0 Å². The van der Waals surface area contributed by atoms with Gasteiger partial charge in [0, 0.05) is 40.1 Å². The van der Waals surface area contributed by atoms with Crippen molar-refractivity contribution in [1.29, 1.82) is 0 Å². The number of esters is 1. The molecule has 2 atom stereocenters. The second-order valence-corrected chi connectivity index (χ2v) is 10.9. The molecule has 4 rings (SSSR count). The molecular formula is C29H32ClNO5S. The number of allylic oxidation sites excluding steroid dienone is 3. The van der Waals surface area contributed by atoms with E-state index in [1.807, 2.05) is 38.1 Å². The van der Waals surface area contributed by atoms with Crippen molar-refractivity contribution in [3.05, 3.63) is 81.2 Å². The molecule has 0 radical (unpaired) electrons. The lowest BCUT2D eigenvalue weighted by Crippen LogP contribution is -2.36. The summed E-state index contributed by atoms with van der Waals surface area (Å²) < 4.78 is 11.3. The first kappa shape index (κ1) is 27.1. The van der Waals surface area contributed by atoms with Gasteiger partial charge in [-0.15, -0.1) is 0 Å². The fourth-order valence-electron chi connectivity index (χ4n) is 5.01. The third-order valence-corrected chi connectivity index (χ3v) is 7.79. The average Bonchev–Trinajstić information content (AvgIpc) is 2.87. The molecule has 196 valence electrons. The minimum atomic E-state index is -0.624. The summed E-state index contributed by atoms with van der Waals surface area (Å²) in [5, 5.41) is 14.3. The maximum Gasteiger partial charge on any atom is 0.336 e. The largest absolute Gasteiger partial charge is 0.504 e. The Morgan fingerprint density at radius 1 is 1.14 bits per heavy atom. The maximum atomic E-state index is 13.7. The fourth-order valence-corrected chi connectivity index (χ4v) is 5.63. The molecule has 1 aliphatic carbocycles. The molecule has 0 aromatic heterocycles. The van der Waals surface area contributed by atoms with Crippen LogP contribution in [0.3, 0.4) is 0 Å². The number of benzene rings is 2. The number of thioether (sulfide) groups is 1. The van der Waals surface area contributed by atoms with Gasteiger partial charge in [-0.05, 0) is 67.3 Å². The summed E-state index contributed by atoms with van der Waals surface area (Å²) in [6, 6.07) is 12.6. The number of ketones is 1. The average molecular weight is 542 g/mol. The molecule has 0 fully saturated rings. The standard InChI is InChI=1S/C29H32ClNO5S/c1-4-35-25-16-19(8-11-23(25)32)27-26(29(34)36-12-13-37-5-2)17(3)31-22-14-20(15-24(33)28(22)27)18-6-9-21(30)10-7-18/h6-11,16,20,27,31-32H,4-5,12-15H2,1-3H3/t20-,27-/m1/s1. The number of carbonyl (C=O) groups is 2. The number of hydrogen-bond donors (Lipinski definition) is 2. The lowest BCUT2D eigenvalue weighted by atomic mass is 9.71. The van der Waals surface area contributed by atoms with Crippen LogP contribution in [0.5, 0.6) is 11.5 Å². The third kappa shape index (κ3) is 5.99. The Labute approximate surface area is 227 Å². The molecule has 1 aliphatic heterocycles. The molecule has 2 N–H and O–H groups in total. The van der Waals surface area contributed by atoms with E-state index in [1.165, 1.54) is 0 Å². The number of rotatable bonds is 9. The zero-order chi connectivity index (χ0) is 26.5. The van der Waals surface area contributed by atoms with Crippen LogP contribution in [0.4, 0.5) is 0 Å². The lowest BCUT2D eigenvalue weighted by Gasteiger charge is -2.36. The number of hydrogen-bond acceptors (Lipinski definition) is 7. The van der Waals surface area contributed by atoms with E-state index in [4.69, 9.17) is 21.1 Å². The number of Topliss-reactive ketones (excluding diaryl/α,β-unsaturated/α-hetero) is 1. The Hall–Kier alpha value is -2.90. The van der Waals surface area contributed by atoms with Gasteiger partial charge >= 0.3 is 5.97 Å². The number of halogens is 1. The summed E-state index contributed by atoms with van der Waals surface area (Å²) in [5.41, 5.74) is 4.19. The summed E-state index contributed by atoms with van der Waals surface area (Å²) >= 11 is 7.77. The van der Waals surface area contributed by atoms with Gasteiger partial charge in [0.1, 0.15) is 6.61 Å². The van der Waals surface area contributed by atoms with Crippen LogP contribution >= 0.6 is 23.4 Å². The predicted octanol–water partition coefficient (Wildman–Crippen LogP) is 6.10. The Morgan fingerprint density at radius 2 is 1.86 bits per heavy atom. The van der Waals surface area contributed by atoms with Crippen LogP contribution in [-0.4, -0.2) is 41.6 Å². The number of phenols is 1. The van der Waals surface area contributed by atoms with Gasteiger partial charge in [-0.25, -0.2) is 4.79 Å². The summed E-state index contributed by atoms with van der Waals surface area (Å²) in [4.78, 5) is 27.1. The van der Waals surface area contributed by atoms with E-state index in [2.05, 4.69) is 12.2 Å². The SMILES string of the molecule is CCOc1cc([C@@H]2C(C(=O)OCCSCC)=C(C)NC3=C2C(=O)C[C@H](c2ccc(Cl)cc2)C3)ccc1O. The van der Waals surface area contributed by atoms with E-state index in [0.29, 0.717) is 65.0 Å². The number of dihydropyridines is 1. The zero-order valence-electron chi connectivity index (χ0n) is 21.3. The molecule has 0 saturated heterocycles. The minimum absolute atomic E-state index is 0.00263. The van der Waals surface area contributed by atoms with Crippen molar-refractivity contribution in [1.82, 2.24) is 5.32 Å². The highest BCUT2D eigenvalue weighted by Gasteiger charge is 2.41. The monoisotopic (exact) mass is 541 g/mol. The topological polar surface area (TPSA) is 84.9 Å². The second-order valence-electron chi connectivity index (χ2n) is 9.06. The van der Waals surface area contributed by atoms with Crippen molar-refractivity contribution in [3.8, 4) is 11.5 Å². The fraction of sp³-hybridized carbons (Fsp3) is 0.379. The van der Waals surface area contributed by atoms with E-state index in [1.54, 1.807) is 30.0 Å². The molecule has 0 saturated carbocycles. The molecule has 0 bridgehead atoms. The highest BCUT2D eigenvalue weighted by Crippen LogP contribution is 2.47. The third-order valence-electron chi connectivity index (χ3n) is 6.67. The van der Waals surface area contributed by atoms with Crippen LogP contribution in [0, 0.1) is 0 Å². The number of aromatic hydroxyl groups is 1. The molecule has 8 heteroatoms. The van der Waals surface area contributed by atoms with Crippen molar-refractivity contribution in [2.45, 2.75) is 45.4 Å². The van der Waals surface area contributed by atoms with Crippen molar-refractivity contribution >= 4 is 35.1 Å². The van der Waals surface area contributed by atoms with Crippen molar-refractivity contribution < 1.29 is 24.2 Å². The highest BCUT2D eigenvalue weighted by atomic mass is 35.5. The highest BCUT2D eigenvalue weighted by molar-refractivity contribution is 7.99. The molecule has 0 spiro atoms. The maximum absolute atomic E-state index is 13.7. The Kier molecular flexibility index (Phi) is 8.87. The molecule has 6 nitrogen and oxygen atoms in total. The van der Waals surface area contributed by atoms with Gasteiger partial charge in [-0.1, -0.05) is 36.7 Å². The molecular weight excluding hydrogens is 510 g/mol. The van der Waals surface area contributed by atoms with Gasteiger partial charge in [0.05, 0.1) is 12.2 Å². The van der Waals surface area contributed by atoms with Crippen LogP contribution < -0.4 is 10.1 Å². The van der Waals surface area contributed by atoms with E-state index in [-0.39, 0.29) is 17.5 Å². The first-order chi connectivity index (χ1) is 17.8. The van der Waals surface area contributed by atoms with Crippen LogP contribution in [0.25, 0.3) is 0 Å². The van der Waals surface area contributed by atoms with Crippen LogP contribution in [0.15, 0.2) is 65.0 Å². The van der Waals surface area contributed by atoms with E-state index < -0.39 is 11.9 Å². The predicted molar refractivity (Wildman–Crippen MR) is 147 cm³/mol. The summed E-state index contributed by atoms with van der Waals surface area (Å²) in [7, 11) is 0. The van der Waals surface area contributed by atoms with E-state index >= 15 is 0 Å². The normalized spacial score (nSPS) is 19.4. The molecule has 1 heterocycles. The molecule has 2 aliphatic rings. The molecule has 0 amide bonds. The molecule has 0 unspecified atom stereocenters. The number of phenolic OH excluding ortho intramolecular Hbond substituents is 1. The van der Waals surface area contributed by atoms with Crippen LogP contribution in [0.2, 0.25) is 5.02 Å². The van der Waals surface area contributed by atoms with Gasteiger partial charge < -0.3 is 19.9 Å². The second kappa shape index (κ2) is 12.1. The Morgan fingerprint density at radius 3 is 2.57 bits per heavy atom. The van der Waals surface area contributed by atoms with Crippen LogP contribution in [-0.2, 0) is 14.3 Å². The molecule has 37 heavy (non-hydrogen) atoms. The first-order valence-electron chi connectivity index (χ1n) is 12.5. The van der Waals surface area contributed by atoms with Crippen molar-refractivity contribution in [2.24, 2.45) is 0 Å². The van der Waals surface area contributed by atoms with Gasteiger partial charge in [0.25, 0.3) is 0 Å². The Balaban J connectivity index is 1.75. The van der Waals surface area contributed by atoms with Gasteiger partial charge in [0.15, 0.2) is 17.3 Å². The van der Waals surface area contributed by atoms with E-state index in [9.17, 15) is 14.7 Å². The van der Waals surface area contributed by atoms with Gasteiger partial charge in [-0.2, -0.15) is 11.8 Å². The van der Waals surface area contributed by atoms with Crippen molar-refractivity contribution in [3.63, 3.8) is 0 Å². The quantitative estimate of drug-likeness (QED) is 0.293. The smallest absolute Gasteiger partial charge is 0.336 e. The number of nitrogens with one attached hydrogen (secondary N) is 1. The molecule has 2 aromatic rings. The zero-order valence-corrected chi connectivity index (χ0v) is 22.9. The first-order valence-corrected chi connectivity index (χ1v) is 14.1.